The zero-order valence-electron chi connectivity index (χ0n) is 10.7. The van der Waals surface area contributed by atoms with Crippen LogP contribution < -0.4 is 0 Å². The van der Waals surface area contributed by atoms with Crippen molar-refractivity contribution in [2.45, 2.75) is 19.5 Å². The summed E-state index contributed by atoms with van der Waals surface area (Å²) in [5.74, 6) is 0. The van der Waals surface area contributed by atoms with E-state index in [2.05, 4.69) is 9.97 Å². The highest BCUT2D eigenvalue weighted by molar-refractivity contribution is 5.59. The fourth-order valence-electron chi connectivity index (χ4n) is 1.82. The molecule has 2 nitrogen and oxygen atoms in total. The summed E-state index contributed by atoms with van der Waals surface area (Å²) >= 11 is 0. The van der Waals surface area contributed by atoms with E-state index in [4.69, 9.17) is 0 Å². The van der Waals surface area contributed by atoms with Crippen LogP contribution in [-0.2, 0) is 12.6 Å². The van der Waals surface area contributed by atoms with Crippen LogP contribution in [0, 0.1) is 6.92 Å². The number of rotatable bonds is 3. The van der Waals surface area contributed by atoms with Crippen LogP contribution in [0.4, 0.5) is 17.6 Å². The van der Waals surface area contributed by atoms with Crippen molar-refractivity contribution < 1.29 is 17.6 Å². The number of aryl methyl sites for hydroxylation is 2. The normalized spacial score (nSPS) is 11.7. The minimum atomic E-state index is -4.41. The molecule has 0 saturated heterocycles. The SMILES string of the molecule is Cc1cc(C(F)(F)F)cnc1-c1ccc(CCF)cn1. The van der Waals surface area contributed by atoms with E-state index in [1.54, 1.807) is 19.1 Å². The molecule has 2 aromatic rings. The van der Waals surface area contributed by atoms with E-state index in [1.165, 1.54) is 6.20 Å². The number of nitrogens with zero attached hydrogens (tertiary/aromatic N) is 2. The summed E-state index contributed by atoms with van der Waals surface area (Å²) in [6.07, 6.45) is -1.84. The van der Waals surface area contributed by atoms with Crippen LogP contribution in [0.2, 0.25) is 0 Å². The zero-order chi connectivity index (χ0) is 14.8. The Hall–Kier alpha value is -1.98. The summed E-state index contributed by atoms with van der Waals surface area (Å²) in [7, 11) is 0. The molecule has 0 aliphatic carbocycles. The lowest BCUT2D eigenvalue weighted by molar-refractivity contribution is -0.137. The fourth-order valence-corrected chi connectivity index (χ4v) is 1.82. The van der Waals surface area contributed by atoms with Gasteiger partial charge in [-0.1, -0.05) is 6.07 Å². The van der Waals surface area contributed by atoms with Crippen molar-refractivity contribution in [3.8, 4) is 11.4 Å². The number of alkyl halides is 4. The third kappa shape index (κ3) is 3.12. The van der Waals surface area contributed by atoms with Gasteiger partial charge in [0.15, 0.2) is 0 Å². The first-order valence-corrected chi connectivity index (χ1v) is 5.97. The van der Waals surface area contributed by atoms with Gasteiger partial charge in [0.1, 0.15) is 0 Å². The minimum Gasteiger partial charge on any atom is -0.254 e. The molecule has 0 aliphatic heterocycles. The largest absolute Gasteiger partial charge is 0.417 e. The van der Waals surface area contributed by atoms with Gasteiger partial charge >= 0.3 is 6.18 Å². The first kappa shape index (κ1) is 14.4. The smallest absolute Gasteiger partial charge is 0.254 e. The standard InChI is InChI=1S/C14H12F4N2/c1-9-6-11(14(16,17)18)8-20-13(9)12-3-2-10(4-5-15)7-19-12/h2-3,6-8H,4-5H2,1H3. The summed E-state index contributed by atoms with van der Waals surface area (Å²) in [6, 6.07) is 4.37. The number of halogens is 4. The highest BCUT2D eigenvalue weighted by Gasteiger charge is 2.31. The monoisotopic (exact) mass is 284 g/mol. The van der Waals surface area contributed by atoms with Gasteiger partial charge in [0.05, 0.1) is 23.6 Å². The van der Waals surface area contributed by atoms with Crippen molar-refractivity contribution in [1.29, 1.82) is 0 Å². The lowest BCUT2D eigenvalue weighted by atomic mass is 10.1. The van der Waals surface area contributed by atoms with Gasteiger partial charge < -0.3 is 0 Å². The van der Waals surface area contributed by atoms with Crippen LogP contribution in [0.15, 0.2) is 30.6 Å². The maximum atomic E-state index is 12.5. The summed E-state index contributed by atoms with van der Waals surface area (Å²) < 4.78 is 49.8. The summed E-state index contributed by atoms with van der Waals surface area (Å²) in [5, 5.41) is 0. The average molecular weight is 284 g/mol. The van der Waals surface area contributed by atoms with E-state index in [0.717, 1.165) is 17.8 Å². The third-order valence-corrected chi connectivity index (χ3v) is 2.86. The number of pyridine rings is 2. The minimum absolute atomic E-state index is 0.271. The molecule has 0 unspecified atom stereocenters. The van der Waals surface area contributed by atoms with Gasteiger partial charge in [-0.15, -0.1) is 0 Å². The Balaban J connectivity index is 2.33. The fraction of sp³-hybridized carbons (Fsp3) is 0.286. The summed E-state index contributed by atoms with van der Waals surface area (Å²) in [6.45, 7) is 1.08. The lowest BCUT2D eigenvalue weighted by Gasteiger charge is -2.10. The molecule has 0 atom stereocenters. The molecule has 0 N–H and O–H groups in total. The average Bonchev–Trinajstić information content (AvgIpc) is 2.39. The molecule has 0 bridgehead atoms. The molecule has 2 rings (SSSR count). The molecule has 20 heavy (non-hydrogen) atoms. The van der Waals surface area contributed by atoms with Gasteiger partial charge in [0, 0.05) is 18.8 Å². The van der Waals surface area contributed by atoms with Gasteiger partial charge in [-0.05, 0) is 30.2 Å². The Bertz CT molecular complexity index is 591. The lowest BCUT2D eigenvalue weighted by Crippen LogP contribution is -2.06. The maximum Gasteiger partial charge on any atom is 0.417 e. The predicted octanol–water partition coefficient (Wildman–Crippen LogP) is 3.98. The van der Waals surface area contributed by atoms with Crippen LogP contribution in [0.25, 0.3) is 11.4 Å². The molecule has 0 amide bonds. The van der Waals surface area contributed by atoms with E-state index in [0.29, 0.717) is 17.0 Å². The van der Waals surface area contributed by atoms with Gasteiger partial charge in [0.25, 0.3) is 0 Å². The van der Waals surface area contributed by atoms with E-state index in [9.17, 15) is 17.6 Å². The van der Waals surface area contributed by atoms with Crippen molar-refractivity contribution >= 4 is 0 Å². The van der Waals surface area contributed by atoms with Crippen LogP contribution in [0.5, 0.6) is 0 Å². The molecule has 0 aromatic carbocycles. The highest BCUT2D eigenvalue weighted by Crippen LogP contribution is 2.31. The molecule has 0 fully saturated rings. The highest BCUT2D eigenvalue weighted by atomic mass is 19.4. The predicted molar refractivity (Wildman–Crippen MR) is 66.9 cm³/mol. The Kier molecular flexibility index (Phi) is 4.01. The Morgan fingerprint density at radius 2 is 1.85 bits per heavy atom. The first-order valence-electron chi connectivity index (χ1n) is 5.97. The van der Waals surface area contributed by atoms with E-state index >= 15 is 0 Å². The van der Waals surface area contributed by atoms with Crippen LogP contribution in [0.3, 0.4) is 0 Å². The van der Waals surface area contributed by atoms with Crippen molar-refractivity contribution in [1.82, 2.24) is 9.97 Å². The molecule has 0 aliphatic rings. The second kappa shape index (κ2) is 5.56. The van der Waals surface area contributed by atoms with E-state index in [1.807, 2.05) is 0 Å². The molecule has 0 spiro atoms. The first-order chi connectivity index (χ1) is 9.41. The van der Waals surface area contributed by atoms with Crippen molar-refractivity contribution in [3.63, 3.8) is 0 Å². The number of hydrogen-bond donors (Lipinski definition) is 0. The number of aromatic nitrogens is 2. The quantitative estimate of drug-likeness (QED) is 0.797. The summed E-state index contributed by atoms with van der Waals surface area (Å²) in [4.78, 5) is 7.94. The van der Waals surface area contributed by atoms with E-state index < -0.39 is 18.4 Å². The van der Waals surface area contributed by atoms with Crippen molar-refractivity contribution in [2.24, 2.45) is 0 Å². The van der Waals surface area contributed by atoms with E-state index in [-0.39, 0.29) is 6.42 Å². The van der Waals surface area contributed by atoms with Gasteiger partial charge in [-0.25, -0.2) is 0 Å². The molecule has 0 radical (unpaired) electrons. The van der Waals surface area contributed by atoms with Crippen molar-refractivity contribution in [3.05, 3.63) is 47.3 Å². The van der Waals surface area contributed by atoms with Gasteiger partial charge in [-0.3, -0.25) is 14.4 Å². The Morgan fingerprint density at radius 3 is 2.35 bits per heavy atom. The van der Waals surface area contributed by atoms with Crippen molar-refractivity contribution in [2.75, 3.05) is 6.67 Å². The van der Waals surface area contributed by atoms with Gasteiger partial charge in [-0.2, -0.15) is 13.2 Å². The topological polar surface area (TPSA) is 25.8 Å². The second-order valence-corrected chi connectivity index (χ2v) is 4.38. The Labute approximate surface area is 113 Å². The summed E-state index contributed by atoms with van der Waals surface area (Å²) in [5.41, 5.74) is 1.21. The van der Waals surface area contributed by atoms with Crippen LogP contribution in [0.1, 0.15) is 16.7 Å². The molecular weight excluding hydrogens is 272 g/mol. The third-order valence-electron chi connectivity index (χ3n) is 2.86. The Morgan fingerprint density at radius 1 is 1.10 bits per heavy atom. The molecule has 106 valence electrons. The second-order valence-electron chi connectivity index (χ2n) is 4.38. The molecule has 0 saturated carbocycles. The molecule has 6 heteroatoms. The molecular formula is C14H12F4N2. The number of hydrogen-bond acceptors (Lipinski definition) is 2. The van der Waals surface area contributed by atoms with Crippen LogP contribution >= 0.6 is 0 Å². The molecule has 2 heterocycles. The molecule has 2 aromatic heterocycles. The maximum absolute atomic E-state index is 12.5. The van der Waals surface area contributed by atoms with Gasteiger partial charge in [0.2, 0.25) is 0 Å². The zero-order valence-corrected chi connectivity index (χ0v) is 10.7. The van der Waals surface area contributed by atoms with Crippen LogP contribution in [-0.4, -0.2) is 16.6 Å².